The maximum absolute atomic E-state index is 12.3. The molecule has 0 saturated heterocycles. The van der Waals surface area contributed by atoms with Crippen molar-refractivity contribution in [1.82, 2.24) is 15.1 Å². The molecular weight excluding hydrogens is 360 g/mol. The van der Waals surface area contributed by atoms with E-state index >= 15 is 0 Å². The number of amides is 2. The molecule has 0 aliphatic heterocycles. The average molecular weight is 375 g/mol. The van der Waals surface area contributed by atoms with Crippen LogP contribution >= 0.6 is 22.9 Å². The predicted molar refractivity (Wildman–Crippen MR) is 98.1 cm³/mol. The third-order valence-corrected chi connectivity index (χ3v) is 4.68. The summed E-state index contributed by atoms with van der Waals surface area (Å²) in [4.78, 5) is 25.6. The minimum Gasteiger partial charge on any atom is -0.346 e. The van der Waals surface area contributed by atoms with Crippen LogP contribution in [-0.4, -0.2) is 21.6 Å². The summed E-state index contributed by atoms with van der Waals surface area (Å²) < 4.78 is 1.44. The van der Waals surface area contributed by atoms with Gasteiger partial charge in [0.1, 0.15) is 5.82 Å². The van der Waals surface area contributed by atoms with Gasteiger partial charge in [-0.15, -0.1) is 11.3 Å². The average Bonchev–Trinajstić information content (AvgIpc) is 3.23. The molecule has 0 bridgehead atoms. The number of carbonyl (C=O) groups is 2. The van der Waals surface area contributed by atoms with Crippen LogP contribution in [0, 0.1) is 0 Å². The molecule has 0 aliphatic rings. The lowest BCUT2D eigenvalue weighted by Crippen LogP contribution is -2.22. The molecule has 0 saturated carbocycles. The molecule has 0 spiro atoms. The van der Waals surface area contributed by atoms with E-state index in [1.54, 1.807) is 42.6 Å². The van der Waals surface area contributed by atoms with Gasteiger partial charge >= 0.3 is 0 Å². The Balaban J connectivity index is 1.68. The van der Waals surface area contributed by atoms with Gasteiger partial charge in [0.2, 0.25) is 0 Å². The summed E-state index contributed by atoms with van der Waals surface area (Å²) in [5, 5.41) is 12.0. The Bertz CT molecular complexity index is 905. The third kappa shape index (κ3) is 4.07. The van der Waals surface area contributed by atoms with Gasteiger partial charge in [-0.1, -0.05) is 29.8 Å². The molecule has 0 fully saturated rings. The Labute approximate surface area is 153 Å². The molecule has 0 unspecified atom stereocenters. The molecule has 3 rings (SSSR count). The lowest BCUT2D eigenvalue weighted by atomic mass is 10.2. The molecule has 2 heterocycles. The molecule has 2 N–H and O–H groups in total. The summed E-state index contributed by atoms with van der Waals surface area (Å²) >= 11 is 7.59. The molecule has 3 aromatic rings. The van der Waals surface area contributed by atoms with Gasteiger partial charge in [-0.05, 0) is 23.6 Å². The molecule has 6 nitrogen and oxygen atoms in total. The summed E-state index contributed by atoms with van der Waals surface area (Å²) in [6, 6.07) is 12.1. The van der Waals surface area contributed by atoms with E-state index in [2.05, 4.69) is 15.7 Å². The Kier molecular flexibility index (Phi) is 5.16. The fourth-order valence-corrected chi connectivity index (χ4v) is 3.06. The number of halogens is 1. The van der Waals surface area contributed by atoms with Crippen LogP contribution in [0.4, 0.5) is 5.82 Å². The molecule has 0 aliphatic carbocycles. The van der Waals surface area contributed by atoms with Crippen molar-refractivity contribution < 1.29 is 9.59 Å². The van der Waals surface area contributed by atoms with Gasteiger partial charge in [0.25, 0.3) is 11.8 Å². The molecule has 0 radical (unpaired) electrons. The number of nitrogens with one attached hydrogen (secondary N) is 2. The maximum Gasteiger partial charge on any atom is 0.272 e. The monoisotopic (exact) mass is 374 g/mol. The maximum atomic E-state index is 12.3. The van der Waals surface area contributed by atoms with Crippen molar-refractivity contribution in [2.24, 2.45) is 7.05 Å². The van der Waals surface area contributed by atoms with Crippen molar-refractivity contribution in [3.05, 3.63) is 69.0 Å². The first-order valence-corrected chi connectivity index (χ1v) is 8.71. The van der Waals surface area contributed by atoms with Crippen LogP contribution in [0.25, 0.3) is 0 Å². The number of hydrogen-bond donors (Lipinski definition) is 2. The van der Waals surface area contributed by atoms with Crippen molar-refractivity contribution in [3.63, 3.8) is 0 Å². The van der Waals surface area contributed by atoms with Gasteiger partial charge in [-0.3, -0.25) is 14.3 Å². The van der Waals surface area contributed by atoms with E-state index in [0.29, 0.717) is 22.9 Å². The summed E-state index contributed by atoms with van der Waals surface area (Å²) in [6.45, 7) is 0.439. The van der Waals surface area contributed by atoms with Crippen molar-refractivity contribution in [2.75, 3.05) is 5.32 Å². The number of hydrogen-bond acceptors (Lipinski definition) is 4. The highest BCUT2D eigenvalue weighted by Crippen LogP contribution is 2.17. The molecule has 8 heteroatoms. The van der Waals surface area contributed by atoms with Crippen LogP contribution in [0.15, 0.2) is 47.8 Å². The van der Waals surface area contributed by atoms with Crippen molar-refractivity contribution in [3.8, 4) is 0 Å². The number of aromatic nitrogens is 2. The summed E-state index contributed by atoms with van der Waals surface area (Å²) in [7, 11) is 1.65. The highest BCUT2D eigenvalue weighted by Gasteiger charge is 2.16. The first-order valence-electron chi connectivity index (χ1n) is 7.45. The Hall–Kier alpha value is -2.64. The van der Waals surface area contributed by atoms with Crippen LogP contribution in [0.1, 0.15) is 25.7 Å². The molecule has 0 atom stereocenters. The molecule has 25 heavy (non-hydrogen) atoms. The normalized spacial score (nSPS) is 10.5. The minimum absolute atomic E-state index is 0.230. The third-order valence-electron chi connectivity index (χ3n) is 3.48. The zero-order chi connectivity index (χ0) is 17.8. The summed E-state index contributed by atoms with van der Waals surface area (Å²) in [5.41, 5.74) is 0.586. The van der Waals surface area contributed by atoms with Gasteiger partial charge in [0, 0.05) is 18.0 Å². The number of nitrogens with zero attached hydrogens (tertiary/aromatic N) is 2. The highest BCUT2D eigenvalue weighted by atomic mass is 35.5. The smallest absolute Gasteiger partial charge is 0.272 e. The van der Waals surface area contributed by atoms with Gasteiger partial charge < -0.3 is 10.6 Å². The molecule has 2 aromatic heterocycles. The Morgan fingerprint density at radius 1 is 1.20 bits per heavy atom. The fourth-order valence-electron chi connectivity index (χ4n) is 2.20. The predicted octanol–water partition coefficient (Wildman–Crippen LogP) is 3.32. The zero-order valence-corrected chi connectivity index (χ0v) is 14.9. The van der Waals surface area contributed by atoms with Crippen molar-refractivity contribution in [1.29, 1.82) is 0 Å². The number of anilines is 1. The van der Waals surface area contributed by atoms with Gasteiger partial charge in [0.15, 0.2) is 5.69 Å². The lowest BCUT2D eigenvalue weighted by molar-refractivity contribution is 0.0944. The van der Waals surface area contributed by atoms with E-state index in [-0.39, 0.29) is 17.5 Å². The van der Waals surface area contributed by atoms with Crippen molar-refractivity contribution >= 4 is 40.6 Å². The van der Waals surface area contributed by atoms with E-state index in [4.69, 9.17) is 11.6 Å². The highest BCUT2D eigenvalue weighted by molar-refractivity contribution is 7.09. The SMILES string of the molecule is Cn1nc(C(=O)NCc2cccs2)cc1NC(=O)c1ccccc1Cl. The molecule has 128 valence electrons. The standard InChI is InChI=1S/C17H15ClN4O2S/c1-22-15(20-16(23)12-6-2-3-7-13(12)18)9-14(21-22)17(24)19-10-11-5-4-8-25-11/h2-9H,10H2,1H3,(H,19,24)(H,20,23). The van der Waals surface area contributed by atoms with E-state index in [0.717, 1.165) is 4.88 Å². The van der Waals surface area contributed by atoms with Crippen LogP contribution in [-0.2, 0) is 13.6 Å². The number of thiophene rings is 1. The fraction of sp³-hybridized carbons (Fsp3) is 0.118. The number of benzene rings is 1. The Morgan fingerprint density at radius 3 is 2.72 bits per heavy atom. The summed E-state index contributed by atoms with van der Waals surface area (Å²) in [5.74, 6) is -0.257. The molecule has 2 amide bonds. The summed E-state index contributed by atoms with van der Waals surface area (Å²) in [6.07, 6.45) is 0. The van der Waals surface area contributed by atoms with Gasteiger partial charge in [-0.2, -0.15) is 5.10 Å². The van der Waals surface area contributed by atoms with Crippen LogP contribution in [0.5, 0.6) is 0 Å². The largest absolute Gasteiger partial charge is 0.346 e. The number of carbonyl (C=O) groups excluding carboxylic acids is 2. The first kappa shape index (κ1) is 17.2. The number of rotatable bonds is 5. The van der Waals surface area contributed by atoms with E-state index in [1.807, 2.05) is 17.5 Å². The molecule has 1 aromatic carbocycles. The first-order chi connectivity index (χ1) is 12.0. The second-order valence-corrected chi connectivity index (χ2v) is 6.67. The van der Waals surface area contributed by atoms with E-state index < -0.39 is 0 Å². The second-order valence-electron chi connectivity index (χ2n) is 5.23. The van der Waals surface area contributed by atoms with E-state index in [1.165, 1.54) is 10.7 Å². The van der Waals surface area contributed by atoms with Crippen molar-refractivity contribution in [2.45, 2.75) is 6.54 Å². The topological polar surface area (TPSA) is 76.0 Å². The van der Waals surface area contributed by atoms with E-state index in [9.17, 15) is 9.59 Å². The van der Waals surface area contributed by atoms with Crippen LogP contribution < -0.4 is 10.6 Å². The van der Waals surface area contributed by atoms with Crippen LogP contribution in [0.2, 0.25) is 5.02 Å². The number of aryl methyl sites for hydroxylation is 1. The Morgan fingerprint density at radius 2 is 2.00 bits per heavy atom. The van der Waals surface area contributed by atoms with Gasteiger partial charge in [0.05, 0.1) is 17.1 Å². The van der Waals surface area contributed by atoms with Crippen LogP contribution in [0.3, 0.4) is 0 Å². The minimum atomic E-state index is -0.362. The molecular formula is C17H15ClN4O2S. The lowest BCUT2D eigenvalue weighted by Gasteiger charge is -2.06. The van der Waals surface area contributed by atoms with Gasteiger partial charge in [-0.25, -0.2) is 0 Å². The zero-order valence-electron chi connectivity index (χ0n) is 13.3. The quantitative estimate of drug-likeness (QED) is 0.719. The second kappa shape index (κ2) is 7.50.